The van der Waals surface area contributed by atoms with Crippen molar-refractivity contribution < 1.29 is 18.4 Å². The maximum Gasteiger partial charge on any atom is 0.264 e. The van der Waals surface area contributed by atoms with Crippen LogP contribution in [0, 0.1) is 0 Å². The Morgan fingerprint density at radius 2 is 1.84 bits per heavy atom. The third kappa shape index (κ3) is 4.99. The number of likely N-dealkylation sites (tertiary alicyclic amines) is 2. The summed E-state index contributed by atoms with van der Waals surface area (Å²) in [6.07, 6.45) is 3.81. The van der Waals surface area contributed by atoms with Crippen LogP contribution < -0.4 is 4.90 Å². The van der Waals surface area contributed by atoms with Gasteiger partial charge in [0.2, 0.25) is 11.8 Å². The van der Waals surface area contributed by atoms with E-state index in [0.717, 1.165) is 72.5 Å². The molecule has 0 saturated carbocycles. The second-order valence-electron chi connectivity index (χ2n) is 12.7. The molecule has 5 heterocycles. The number of likely N-dealkylation sites (N-methyl/N-ethyl adjacent to an activating group) is 1. The third-order valence-electron chi connectivity index (χ3n) is 9.82. The highest BCUT2D eigenvalue weighted by Gasteiger charge is 2.37. The second-order valence-corrected chi connectivity index (χ2v) is 12.7. The Morgan fingerprint density at radius 1 is 1.02 bits per heavy atom. The lowest BCUT2D eigenvalue weighted by Gasteiger charge is -2.46. The van der Waals surface area contributed by atoms with E-state index in [0.29, 0.717) is 43.2 Å². The van der Waals surface area contributed by atoms with Gasteiger partial charge in [-0.3, -0.25) is 14.3 Å². The Hall–Kier alpha value is -3.79. The topological polar surface area (TPSA) is 64.9 Å². The van der Waals surface area contributed by atoms with Crippen LogP contribution in [0.1, 0.15) is 66.3 Å². The van der Waals surface area contributed by atoms with E-state index in [9.17, 15) is 18.4 Å². The molecule has 4 aliphatic rings. The summed E-state index contributed by atoms with van der Waals surface area (Å²) in [4.78, 5) is 34.0. The van der Waals surface area contributed by atoms with Gasteiger partial charge in [0.25, 0.3) is 6.43 Å². The van der Waals surface area contributed by atoms with E-state index in [1.54, 1.807) is 37.1 Å². The summed E-state index contributed by atoms with van der Waals surface area (Å²) >= 11 is 0. The first-order valence-electron chi connectivity index (χ1n) is 15.3. The molecule has 2 amide bonds. The molecule has 43 heavy (non-hydrogen) atoms. The number of halogens is 2. The number of fused-ring (bicyclic) bond motifs is 2. The van der Waals surface area contributed by atoms with Crippen molar-refractivity contribution in [2.24, 2.45) is 7.05 Å². The number of benzene rings is 2. The molecule has 1 atom stereocenters. The number of hydrogen-bond donors (Lipinski definition) is 0. The maximum absolute atomic E-state index is 14.5. The first-order chi connectivity index (χ1) is 20.7. The maximum atomic E-state index is 14.5. The Labute approximate surface area is 250 Å². The normalized spacial score (nSPS) is 20.9. The molecule has 0 radical (unpaired) electrons. The minimum atomic E-state index is -2.64. The van der Waals surface area contributed by atoms with E-state index < -0.39 is 6.43 Å². The number of piperidine rings is 1. The monoisotopic (exact) mass is 588 g/mol. The summed E-state index contributed by atoms with van der Waals surface area (Å²) in [5.41, 5.74) is 7.27. The number of aromatic nitrogens is 2. The fourth-order valence-corrected chi connectivity index (χ4v) is 7.49. The first-order valence-corrected chi connectivity index (χ1v) is 15.3. The van der Waals surface area contributed by atoms with Crippen molar-refractivity contribution in [3.63, 3.8) is 0 Å². The van der Waals surface area contributed by atoms with Gasteiger partial charge in [-0.1, -0.05) is 6.07 Å². The highest BCUT2D eigenvalue weighted by Crippen LogP contribution is 2.45. The van der Waals surface area contributed by atoms with Crippen LogP contribution in [-0.4, -0.2) is 75.6 Å². The number of amides is 2. The fourth-order valence-electron chi connectivity index (χ4n) is 7.49. The summed E-state index contributed by atoms with van der Waals surface area (Å²) in [6, 6.07) is 8.25. The molecule has 7 rings (SSSR count). The lowest BCUT2D eigenvalue weighted by Crippen LogP contribution is -2.60. The van der Waals surface area contributed by atoms with Gasteiger partial charge in [0, 0.05) is 93.9 Å². The van der Waals surface area contributed by atoms with Gasteiger partial charge in [0.15, 0.2) is 0 Å². The van der Waals surface area contributed by atoms with Crippen molar-refractivity contribution in [2.45, 2.75) is 64.1 Å². The minimum absolute atomic E-state index is 0.00331. The summed E-state index contributed by atoms with van der Waals surface area (Å²) in [5, 5.41) is 4.21. The van der Waals surface area contributed by atoms with Gasteiger partial charge in [-0.2, -0.15) is 5.10 Å². The van der Waals surface area contributed by atoms with Crippen LogP contribution in [0.15, 0.2) is 36.7 Å². The first kappa shape index (κ1) is 28.0. The minimum Gasteiger partial charge on any atom is -0.341 e. The van der Waals surface area contributed by atoms with E-state index in [4.69, 9.17) is 0 Å². The Balaban J connectivity index is 1.28. The van der Waals surface area contributed by atoms with Gasteiger partial charge in [-0.15, -0.1) is 0 Å². The van der Waals surface area contributed by atoms with Crippen LogP contribution in [0.4, 0.5) is 20.2 Å². The molecule has 0 N–H and O–H groups in total. The predicted octanol–water partition coefficient (Wildman–Crippen LogP) is 4.99. The average Bonchev–Trinajstić information content (AvgIpc) is 3.60. The molecule has 2 fully saturated rings. The number of carbonyl (C=O) groups excluding carboxylic acids is 2. The SMILES string of the molecule is CC(=O)N1Cc2cc(C3CCN(C4CN(C)C4)C(=O)C3)cc(N3CCCc4cc(-c5cnn(C)c5)c(C(F)F)cc43)c2C1. The van der Waals surface area contributed by atoms with Crippen LogP contribution in [-0.2, 0) is 36.1 Å². The average molecular weight is 589 g/mol. The van der Waals surface area contributed by atoms with Gasteiger partial charge in [0.1, 0.15) is 0 Å². The Kier molecular flexibility index (Phi) is 6.99. The van der Waals surface area contributed by atoms with Gasteiger partial charge >= 0.3 is 0 Å². The smallest absolute Gasteiger partial charge is 0.264 e. The second kappa shape index (κ2) is 10.7. The van der Waals surface area contributed by atoms with Crippen LogP contribution in [0.3, 0.4) is 0 Å². The molecular weight excluding hydrogens is 550 g/mol. The molecule has 1 aromatic heterocycles. The van der Waals surface area contributed by atoms with Crippen molar-refractivity contribution >= 4 is 23.2 Å². The highest BCUT2D eigenvalue weighted by molar-refractivity contribution is 5.81. The number of carbonyl (C=O) groups is 2. The van der Waals surface area contributed by atoms with Gasteiger partial charge in [-0.05, 0) is 72.7 Å². The lowest BCUT2D eigenvalue weighted by molar-refractivity contribution is -0.140. The summed E-state index contributed by atoms with van der Waals surface area (Å²) in [5.74, 6) is 0.304. The summed E-state index contributed by atoms with van der Waals surface area (Å²) < 4.78 is 30.7. The van der Waals surface area contributed by atoms with Crippen molar-refractivity contribution in [1.29, 1.82) is 0 Å². The van der Waals surface area contributed by atoms with E-state index in [2.05, 4.69) is 39.0 Å². The largest absolute Gasteiger partial charge is 0.341 e. The Morgan fingerprint density at radius 3 is 2.51 bits per heavy atom. The number of nitrogens with zero attached hydrogens (tertiary/aromatic N) is 6. The van der Waals surface area contributed by atoms with Crippen molar-refractivity contribution in [3.8, 4) is 11.1 Å². The van der Waals surface area contributed by atoms with E-state index in [-0.39, 0.29) is 23.3 Å². The van der Waals surface area contributed by atoms with Crippen LogP contribution in [0.25, 0.3) is 11.1 Å². The Bertz CT molecular complexity index is 1600. The molecule has 2 saturated heterocycles. The molecule has 0 aliphatic carbocycles. The van der Waals surface area contributed by atoms with Crippen LogP contribution in [0.2, 0.25) is 0 Å². The quantitative estimate of drug-likeness (QED) is 0.420. The molecule has 1 unspecified atom stereocenters. The number of rotatable bonds is 5. The number of alkyl halides is 2. The number of aryl methyl sites for hydroxylation is 2. The molecule has 0 bridgehead atoms. The molecule has 4 aliphatic heterocycles. The zero-order valence-corrected chi connectivity index (χ0v) is 25.0. The molecule has 10 heteroatoms. The van der Waals surface area contributed by atoms with Crippen molar-refractivity contribution in [3.05, 3.63) is 64.5 Å². The van der Waals surface area contributed by atoms with Crippen molar-refractivity contribution in [2.75, 3.05) is 38.1 Å². The van der Waals surface area contributed by atoms with Crippen molar-refractivity contribution in [1.82, 2.24) is 24.5 Å². The number of hydrogen-bond acceptors (Lipinski definition) is 5. The van der Waals surface area contributed by atoms with Crippen LogP contribution >= 0.6 is 0 Å². The third-order valence-corrected chi connectivity index (χ3v) is 9.82. The van der Waals surface area contributed by atoms with E-state index >= 15 is 0 Å². The zero-order valence-electron chi connectivity index (χ0n) is 25.0. The van der Waals surface area contributed by atoms with Gasteiger partial charge in [-0.25, -0.2) is 8.78 Å². The molecule has 0 spiro atoms. The lowest BCUT2D eigenvalue weighted by atomic mass is 9.85. The predicted molar refractivity (Wildman–Crippen MR) is 160 cm³/mol. The van der Waals surface area contributed by atoms with Crippen LogP contribution in [0.5, 0.6) is 0 Å². The van der Waals surface area contributed by atoms with Gasteiger partial charge < -0.3 is 19.6 Å². The fraction of sp³-hybridized carbons (Fsp3) is 0.485. The molecule has 2 aromatic carbocycles. The highest BCUT2D eigenvalue weighted by atomic mass is 19.3. The van der Waals surface area contributed by atoms with E-state index in [1.807, 2.05) is 11.0 Å². The molecule has 226 valence electrons. The molecular formula is C33H38F2N6O2. The summed E-state index contributed by atoms with van der Waals surface area (Å²) in [6.45, 7) is 5.91. The van der Waals surface area contributed by atoms with Gasteiger partial charge in [0.05, 0.1) is 12.2 Å². The summed E-state index contributed by atoms with van der Waals surface area (Å²) in [7, 11) is 3.86. The van der Waals surface area contributed by atoms with E-state index in [1.165, 1.54) is 0 Å². The zero-order chi connectivity index (χ0) is 30.0. The molecule has 8 nitrogen and oxygen atoms in total. The number of anilines is 2. The molecule has 3 aromatic rings. The standard InChI is InChI=1S/C33H38F2N6O2/c1-20(42)39-16-24-9-23(21-6-8-40(32(43)12-21)26-17-37(2)18-26)11-31(29(24)19-39)41-7-4-5-22-10-27(25-14-36-38(3)15-25)28(33(34)35)13-30(22)41/h9-11,13-15,21,26,33H,4-8,12,16-19H2,1-3H3.